The highest BCUT2D eigenvalue weighted by Gasteiger charge is 2.51. The lowest BCUT2D eigenvalue weighted by atomic mass is 10.2. The van der Waals surface area contributed by atoms with Gasteiger partial charge in [0.15, 0.2) is 0 Å². The van der Waals surface area contributed by atoms with Gasteiger partial charge in [0.25, 0.3) is 15.9 Å². The van der Waals surface area contributed by atoms with Crippen LogP contribution in [0.2, 0.25) is 0 Å². The summed E-state index contributed by atoms with van der Waals surface area (Å²) in [6, 6.07) is 10.7. The minimum Gasteiger partial charge on any atom is -0.274 e. The highest BCUT2D eigenvalue weighted by Crippen LogP contribution is 2.38. The number of sulfonamides is 1. The van der Waals surface area contributed by atoms with Crippen molar-refractivity contribution in [1.29, 1.82) is 0 Å². The highest BCUT2D eigenvalue weighted by molar-refractivity contribution is 7.91. The van der Waals surface area contributed by atoms with E-state index in [4.69, 9.17) is 0 Å². The molecule has 8 heteroatoms. The second kappa shape index (κ2) is 6.05. The van der Waals surface area contributed by atoms with E-state index in [0.29, 0.717) is 18.5 Å². The molecule has 130 valence electrons. The van der Waals surface area contributed by atoms with Crippen LogP contribution < -0.4 is 4.90 Å². The molecule has 6 nitrogen and oxygen atoms in total. The number of imide groups is 1. The number of nitrogens with zero attached hydrogens (tertiary/aromatic N) is 2. The van der Waals surface area contributed by atoms with Crippen LogP contribution in [0.4, 0.5) is 5.69 Å². The summed E-state index contributed by atoms with van der Waals surface area (Å²) in [5, 5.41) is 1.69. The predicted octanol–water partition coefficient (Wildman–Crippen LogP) is 2.23. The Morgan fingerprint density at radius 1 is 1.04 bits per heavy atom. The van der Waals surface area contributed by atoms with Gasteiger partial charge < -0.3 is 0 Å². The zero-order valence-corrected chi connectivity index (χ0v) is 14.9. The van der Waals surface area contributed by atoms with Crippen molar-refractivity contribution >= 4 is 38.9 Å². The van der Waals surface area contributed by atoms with Crippen molar-refractivity contribution in [3.8, 4) is 0 Å². The maximum absolute atomic E-state index is 13.0. The van der Waals surface area contributed by atoms with Gasteiger partial charge in [0.05, 0.1) is 12.1 Å². The summed E-state index contributed by atoms with van der Waals surface area (Å²) < 4.78 is 27.5. The average Bonchev–Trinajstić information content (AvgIpc) is 3.15. The number of carbonyl (C=O) groups is 2. The number of carbonyl (C=O) groups excluding carboxylic acids is 2. The van der Waals surface area contributed by atoms with Crippen molar-refractivity contribution < 1.29 is 18.0 Å². The van der Waals surface area contributed by atoms with Gasteiger partial charge >= 0.3 is 0 Å². The molecule has 25 heavy (non-hydrogen) atoms. The Balaban J connectivity index is 1.70. The predicted molar refractivity (Wildman–Crippen MR) is 93.7 cm³/mol. The van der Waals surface area contributed by atoms with Crippen LogP contribution in [0.1, 0.15) is 19.3 Å². The van der Waals surface area contributed by atoms with E-state index < -0.39 is 22.0 Å². The van der Waals surface area contributed by atoms with Crippen molar-refractivity contribution in [2.24, 2.45) is 0 Å². The Kier molecular flexibility index (Phi) is 3.98. The van der Waals surface area contributed by atoms with E-state index in [1.807, 2.05) is 0 Å². The monoisotopic (exact) mass is 376 g/mol. The van der Waals surface area contributed by atoms with Gasteiger partial charge in [-0.05, 0) is 36.4 Å². The molecule has 2 fully saturated rings. The summed E-state index contributed by atoms with van der Waals surface area (Å²) in [7, 11) is -3.79. The molecule has 1 aromatic heterocycles. The van der Waals surface area contributed by atoms with E-state index in [1.54, 1.807) is 41.8 Å². The van der Waals surface area contributed by atoms with Crippen molar-refractivity contribution in [3.05, 3.63) is 47.8 Å². The number of amides is 2. The molecule has 4 rings (SSSR count). The van der Waals surface area contributed by atoms with E-state index in [1.165, 1.54) is 10.4 Å². The molecule has 1 aromatic carbocycles. The number of rotatable bonds is 5. The molecular formula is C17H16N2O4S2. The maximum Gasteiger partial charge on any atom is 0.253 e. The minimum absolute atomic E-state index is 0.116. The van der Waals surface area contributed by atoms with Gasteiger partial charge in [-0.2, -0.15) is 4.31 Å². The van der Waals surface area contributed by atoms with Gasteiger partial charge in [-0.1, -0.05) is 24.3 Å². The highest BCUT2D eigenvalue weighted by atomic mass is 32.2. The first-order valence-corrected chi connectivity index (χ1v) is 10.3. The molecule has 0 N–H and O–H groups in total. The Hall–Kier alpha value is -2.03. The zero-order chi connectivity index (χ0) is 17.6. The third-order valence-electron chi connectivity index (χ3n) is 4.38. The van der Waals surface area contributed by atoms with Crippen LogP contribution in [0.25, 0.3) is 0 Å². The summed E-state index contributed by atoms with van der Waals surface area (Å²) in [6.45, 7) is 0. The van der Waals surface area contributed by atoms with Crippen LogP contribution in [-0.4, -0.2) is 36.6 Å². The maximum atomic E-state index is 13.0. The zero-order valence-electron chi connectivity index (χ0n) is 13.2. The molecule has 0 bridgehead atoms. The molecule has 1 aliphatic carbocycles. The topological polar surface area (TPSA) is 74.8 Å². The van der Waals surface area contributed by atoms with Gasteiger partial charge in [-0.25, -0.2) is 13.3 Å². The van der Waals surface area contributed by atoms with Crippen molar-refractivity contribution in [3.63, 3.8) is 0 Å². The average molecular weight is 376 g/mol. The normalized spacial score (nSPS) is 21.3. The van der Waals surface area contributed by atoms with E-state index in [0.717, 1.165) is 16.2 Å². The Morgan fingerprint density at radius 2 is 1.76 bits per heavy atom. The van der Waals surface area contributed by atoms with E-state index in [9.17, 15) is 18.0 Å². The number of anilines is 1. The Labute approximate surface area is 149 Å². The number of thiophene rings is 1. The van der Waals surface area contributed by atoms with Crippen LogP contribution >= 0.6 is 11.3 Å². The summed E-state index contributed by atoms with van der Waals surface area (Å²) in [5.74, 6) is -0.837. The van der Waals surface area contributed by atoms with Crippen LogP contribution in [0.5, 0.6) is 0 Å². The lowest BCUT2D eigenvalue weighted by molar-refractivity contribution is -0.122. The molecule has 2 amide bonds. The molecule has 1 saturated carbocycles. The molecule has 2 aliphatic rings. The van der Waals surface area contributed by atoms with E-state index in [-0.39, 0.29) is 22.6 Å². The smallest absolute Gasteiger partial charge is 0.253 e. The van der Waals surface area contributed by atoms with Crippen LogP contribution in [-0.2, 0) is 19.6 Å². The molecule has 1 aliphatic heterocycles. The summed E-state index contributed by atoms with van der Waals surface area (Å²) >= 11 is 1.12. The summed E-state index contributed by atoms with van der Waals surface area (Å²) in [6.07, 6.45) is 1.32. The van der Waals surface area contributed by atoms with Gasteiger partial charge in [-0.3, -0.25) is 9.59 Å². The third kappa shape index (κ3) is 2.80. The van der Waals surface area contributed by atoms with Crippen molar-refractivity contribution in [1.82, 2.24) is 4.31 Å². The van der Waals surface area contributed by atoms with Crippen LogP contribution in [0.15, 0.2) is 52.1 Å². The summed E-state index contributed by atoms with van der Waals surface area (Å²) in [5.41, 5.74) is 0.476. The second-order valence-electron chi connectivity index (χ2n) is 6.12. The lowest BCUT2D eigenvalue weighted by Crippen LogP contribution is -2.46. The number of hydrogen-bond acceptors (Lipinski definition) is 5. The van der Waals surface area contributed by atoms with Crippen molar-refractivity contribution in [2.45, 2.75) is 35.6 Å². The van der Waals surface area contributed by atoms with Gasteiger partial charge in [-0.15, -0.1) is 11.3 Å². The molecule has 2 aromatic rings. The first kappa shape index (κ1) is 16.4. The molecule has 1 unspecified atom stereocenters. The molecule has 1 saturated heterocycles. The first-order valence-electron chi connectivity index (χ1n) is 7.99. The Morgan fingerprint density at radius 3 is 2.36 bits per heavy atom. The minimum atomic E-state index is -3.79. The fourth-order valence-electron chi connectivity index (χ4n) is 3.12. The fraction of sp³-hybridized carbons (Fsp3) is 0.294. The summed E-state index contributed by atoms with van der Waals surface area (Å²) in [4.78, 5) is 26.5. The molecule has 2 heterocycles. The lowest BCUT2D eigenvalue weighted by Gasteiger charge is -2.26. The Bertz CT molecular complexity index is 905. The first-order chi connectivity index (χ1) is 12.0. The largest absolute Gasteiger partial charge is 0.274 e. The van der Waals surface area contributed by atoms with Gasteiger partial charge in [0, 0.05) is 6.04 Å². The SMILES string of the molecule is O=C1CC(N(C2CC2)S(=O)(=O)c2cccs2)C(=O)N1c1ccccc1. The fourth-order valence-corrected chi connectivity index (χ4v) is 6.05. The number of benzene rings is 1. The van der Waals surface area contributed by atoms with E-state index in [2.05, 4.69) is 0 Å². The molecular weight excluding hydrogens is 360 g/mol. The number of hydrogen-bond donors (Lipinski definition) is 0. The van der Waals surface area contributed by atoms with Gasteiger partial charge in [0.2, 0.25) is 5.91 Å². The molecule has 0 radical (unpaired) electrons. The quantitative estimate of drug-likeness (QED) is 0.750. The molecule has 0 spiro atoms. The second-order valence-corrected chi connectivity index (χ2v) is 9.14. The van der Waals surface area contributed by atoms with Crippen LogP contribution in [0.3, 0.4) is 0 Å². The van der Waals surface area contributed by atoms with E-state index >= 15 is 0 Å². The molecule has 1 atom stereocenters. The third-order valence-corrected chi connectivity index (χ3v) is 7.71. The number of para-hydroxylation sites is 1. The van der Waals surface area contributed by atoms with Gasteiger partial charge in [0.1, 0.15) is 10.3 Å². The van der Waals surface area contributed by atoms with Crippen molar-refractivity contribution in [2.75, 3.05) is 4.90 Å². The standard InChI is InChI=1S/C17H16N2O4S2/c20-15-11-14(17(21)18(15)12-5-2-1-3-6-12)19(13-8-9-13)25(22,23)16-7-4-10-24-16/h1-7,10,13-14H,8-9,11H2. The van der Waals surface area contributed by atoms with Crippen LogP contribution in [0, 0.1) is 0 Å².